The number of hydrogen-bond acceptors (Lipinski definition) is 2. The van der Waals surface area contributed by atoms with Gasteiger partial charge in [-0.1, -0.05) is 47.5 Å². The first-order valence-corrected chi connectivity index (χ1v) is 9.71. The van der Waals surface area contributed by atoms with E-state index in [0.717, 1.165) is 17.5 Å². The van der Waals surface area contributed by atoms with E-state index in [4.69, 9.17) is 23.2 Å². The highest BCUT2D eigenvalue weighted by atomic mass is 35.5. The number of nitrogens with zero attached hydrogens (tertiary/aromatic N) is 1. The average Bonchev–Trinajstić information content (AvgIpc) is 2.63. The number of hydrogen-bond donors (Lipinski definition) is 1. The van der Waals surface area contributed by atoms with E-state index in [9.17, 15) is 9.59 Å². The Morgan fingerprint density at radius 3 is 2.48 bits per heavy atom. The van der Waals surface area contributed by atoms with Crippen LogP contribution >= 0.6 is 23.2 Å². The standard InChI is InChI=1S/C21H22Cl2N2O2/c1-13-16-6-3-5-15(12-24-14(2)26)17(16)9-10-25(13)21(27)11-18-19(22)7-4-8-20(18)23/h3-8,13H,9-12H2,1-2H3,(H,24,26)/t13-/m0/s1. The van der Waals surface area contributed by atoms with Gasteiger partial charge in [0.1, 0.15) is 0 Å². The predicted molar refractivity (Wildman–Crippen MR) is 108 cm³/mol. The number of halogens is 2. The molecule has 0 unspecified atom stereocenters. The van der Waals surface area contributed by atoms with Gasteiger partial charge in [-0.05, 0) is 47.7 Å². The van der Waals surface area contributed by atoms with E-state index in [2.05, 4.69) is 11.4 Å². The molecule has 0 bridgehead atoms. The summed E-state index contributed by atoms with van der Waals surface area (Å²) in [6.07, 6.45) is 0.946. The largest absolute Gasteiger partial charge is 0.352 e. The molecule has 2 amide bonds. The molecule has 4 nitrogen and oxygen atoms in total. The van der Waals surface area contributed by atoms with Crippen molar-refractivity contribution in [2.45, 2.75) is 39.3 Å². The lowest BCUT2D eigenvalue weighted by Crippen LogP contribution is -2.40. The number of carbonyl (C=O) groups excluding carboxylic acids is 2. The van der Waals surface area contributed by atoms with Crippen LogP contribution < -0.4 is 5.32 Å². The minimum absolute atomic E-state index is 0.00964. The monoisotopic (exact) mass is 404 g/mol. The third-order valence-electron chi connectivity index (χ3n) is 5.07. The van der Waals surface area contributed by atoms with Crippen LogP contribution in [0, 0.1) is 0 Å². The fourth-order valence-electron chi connectivity index (χ4n) is 3.62. The van der Waals surface area contributed by atoms with Gasteiger partial charge >= 0.3 is 0 Å². The van der Waals surface area contributed by atoms with E-state index in [0.29, 0.717) is 28.7 Å². The molecule has 1 aliphatic rings. The third-order valence-corrected chi connectivity index (χ3v) is 5.78. The maximum atomic E-state index is 12.9. The molecule has 3 rings (SSSR count). The zero-order valence-electron chi connectivity index (χ0n) is 15.4. The molecule has 0 fully saturated rings. The molecule has 1 atom stereocenters. The van der Waals surface area contributed by atoms with E-state index in [-0.39, 0.29) is 24.3 Å². The van der Waals surface area contributed by atoms with Gasteiger partial charge < -0.3 is 10.2 Å². The molecule has 27 heavy (non-hydrogen) atoms. The number of rotatable bonds is 4. The molecule has 6 heteroatoms. The van der Waals surface area contributed by atoms with Crippen molar-refractivity contribution in [3.63, 3.8) is 0 Å². The highest BCUT2D eigenvalue weighted by molar-refractivity contribution is 6.36. The van der Waals surface area contributed by atoms with Gasteiger partial charge in [0.05, 0.1) is 12.5 Å². The number of benzene rings is 2. The summed E-state index contributed by atoms with van der Waals surface area (Å²) in [6, 6.07) is 11.3. The molecule has 1 heterocycles. The molecule has 0 saturated heterocycles. The summed E-state index contributed by atoms with van der Waals surface area (Å²) >= 11 is 12.4. The number of amides is 2. The Kier molecular flexibility index (Phi) is 6.08. The van der Waals surface area contributed by atoms with Crippen molar-refractivity contribution in [1.29, 1.82) is 0 Å². The lowest BCUT2D eigenvalue weighted by molar-refractivity contribution is -0.133. The van der Waals surface area contributed by atoms with Gasteiger partial charge in [-0.3, -0.25) is 9.59 Å². The highest BCUT2D eigenvalue weighted by Gasteiger charge is 2.29. The topological polar surface area (TPSA) is 49.4 Å². The van der Waals surface area contributed by atoms with Crippen molar-refractivity contribution < 1.29 is 9.59 Å². The van der Waals surface area contributed by atoms with Crippen LogP contribution in [0.4, 0.5) is 0 Å². The minimum atomic E-state index is -0.0510. The first kappa shape index (κ1) is 19.7. The molecule has 2 aromatic rings. The van der Waals surface area contributed by atoms with Crippen LogP contribution in [-0.2, 0) is 29.0 Å². The van der Waals surface area contributed by atoms with Crippen molar-refractivity contribution in [2.75, 3.05) is 6.54 Å². The molecule has 1 N–H and O–H groups in total. The quantitative estimate of drug-likeness (QED) is 0.824. The Morgan fingerprint density at radius 1 is 1.15 bits per heavy atom. The van der Waals surface area contributed by atoms with Crippen LogP contribution in [0.2, 0.25) is 10.0 Å². The van der Waals surface area contributed by atoms with Gasteiger partial charge in [0.15, 0.2) is 0 Å². The number of nitrogens with one attached hydrogen (secondary N) is 1. The SMILES string of the molecule is CC(=O)NCc1cccc2c1CCN(C(=O)Cc1c(Cl)cccc1Cl)[C@H]2C. The lowest BCUT2D eigenvalue weighted by Gasteiger charge is -2.36. The smallest absolute Gasteiger partial charge is 0.227 e. The maximum absolute atomic E-state index is 12.9. The van der Waals surface area contributed by atoms with E-state index in [1.54, 1.807) is 18.2 Å². The fourth-order valence-corrected chi connectivity index (χ4v) is 4.16. The summed E-state index contributed by atoms with van der Waals surface area (Å²) in [5.74, 6) is -0.0414. The van der Waals surface area contributed by atoms with Gasteiger partial charge in [-0.25, -0.2) is 0 Å². The van der Waals surface area contributed by atoms with Crippen LogP contribution in [0.25, 0.3) is 0 Å². The Morgan fingerprint density at radius 2 is 1.81 bits per heavy atom. The van der Waals surface area contributed by atoms with Gasteiger partial charge in [-0.15, -0.1) is 0 Å². The predicted octanol–water partition coefficient (Wildman–Crippen LogP) is 4.32. The van der Waals surface area contributed by atoms with Crippen molar-refractivity contribution in [2.24, 2.45) is 0 Å². The van der Waals surface area contributed by atoms with Gasteiger partial charge in [0.25, 0.3) is 0 Å². The minimum Gasteiger partial charge on any atom is -0.352 e. The van der Waals surface area contributed by atoms with Crippen molar-refractivity contribution in [1.82, 2.24) is 10.2 Å². The first-order valence-electron chi connectivity index (χ1n) is 8.96. The Balaban J connectivity index is 1.80. The van der Waals surface area contributed by atoms with Crippen LogP contribution in [0.15, 0.2) is 36.4 Å². The Labute approximate surface area is 169 Å². The van der Waals surface area contributed by atoms with E-state index in [1.165, 1.54) is 12.5 Å². The molecule has 0 saturated carbocycles. The molecule has 0 aromatic heterocycles. The number of carbonyl (C=O) groups is 2. The second-order valence-electron chi connectivity index (χ2n) is 6.78. The fraction of sp³-hybridized carbons (Fsp3) is 0.333. The van der Waals surface area contributed by atoms with E-state index < -0.39 is 0 Å². The Hall–Kier alpha value is -2.04. The summed E-state index contributed by atoms with van der Waals surface area (Å²) in [6.45, 7) is 4.69. The maximum Gasteiger partial charge on any atom is 0.227 e. The van der Waals surface area contributed by atoms with E-state index >= 15 is 0 Å². The zero-order chi connectivity index (χ0) is 19.6. The first-order chi connectivity index (χ1) is 12.9. The van der Waals surface area contributed by atoms with E-state index in [1.807, 2.05) is 24.0 Å². The molecule has 2 aromatic carbocycles. The van der Waals surface area contributed by atoms with Gasteiger partial charge in [0, 0.05) is 30.1 Å². The van der Waals surface area contributed by atoms with Crippen molar-refractivity contribution >= 4 is 35.0 Å². The lowest BCUT2D eigenvalue weighted by atomic mass is 9.89. The Bertz CT molecular complexity index is 862. The molecule has 0 aliphatic carbocycles. The molecule has 142 valence electrons. The van der Waals surface area contributed by atoms with Crippen molar-refractivity contribution in [3.8, 4) is 0 Å². The second kappa shape index (κ2) is 8.32. The summed E-state index contributed by atoms with van der Waals surface area (Å²) < 4.78 is 0. The molecule has 0 radical (unpaired) electrons. The number of fused-ring (bicyclic) bond motifs is 1. The molecular weight excluding hydrogens is 383 g/mol. The average molecular weight is 405 g/mol. The normalized spacial score (nSPS) is 16.0. The molecular formula is C21H22Cl2N2O2. The van der Waals surface area contributed by atoms with Gasteiger partial charge in [0.2, 0.25) is 11.8 Å². The summed E-state index contributed by atoms with van der Waals surface area (Å²) in [4.78, 5) is 26.1. The third kappa shape index (κ3) is 4.28. The molecule has 0 spiro atoms. The van der Waals surface area contributed by atoms with Crippen LogP contribution in [0.5, 0.6) is 0 Å². The zero-order valence-corrected chi connectivity index (χ0v) is 16.9. The van der Waals surface area contributed by atoms with Crippen molar-refractivity contribution in [3.05, 3.63) is 68.7 Å². The summed E-state index contributed by atoms with van der Waals surface area (Å²) in [7, 11) is 0. The van der Waals surface area contributed by atoms with Crippen LogP contribution in [-0.4, -0.2) is 23.3 Å². The molecule has 1 aliphatic heterocycles. The van der Waals surface area contributed by atoms with Crippen LogP contribution in [0.1, 0.15) is 42.1 Å². The summed E-state index contributed by atoms with van der Waals surface area (Å²) in [5, 5.41) is 3.88. The highest BCUT2D eigenvalue weighted by Crippen LogP contribution is 2.33. The second-order valence-corrected chi connectivity index (χ2v) is 7.60. The van der Waals surface area contributed by atoms with Gasteiger partial charge in [-0.2, -0.15) is 0 Å². The van der Waals surface area contributed by atoms with Crippen LogP contribution in [0.3, 0.4) is 0 Å². The summed E-state index contributed by atoms with van der Waals surface area (Å²) in [5.41, 5.74) is 4.13.